The van der Waals surface area contributed by atoms with E-state index in [1.165, 1.54) is 5.56 Å². The lowest BCUT2D eigenvalue weighted by Gasteiger charge is -2.22. The van der Waals surface area contributed by atoms with Gasteiger partial charge in [-0.25, -0.2) is 0 Å². The molecule has 2 aromatic heterocycles. The molecule has 1 N–H and O–H groups in total. The molecule has 23 heavy (non-hydrogen) atoms. The van der Waals surface area contributed by atoms with E-state index in [1.807, 2.05) is 28.6 Å². The van der Waals surface area contributed by atoms with Crippen molar-refractivity contribution >= 4 is 5.91 Å². The molecule has 0 aliphatic heterocycles. The molecule has 2 aromatic rings. The summed E-state index contributed by atoms with van der Waals surface area (Å²) in [6.07, 6.45) is 7.77. The average Bonchev–Trinajstić information content (AvgIpc) is 3.09. The quantitative estimate of drug-likeness (QED) is 0.943. The number of rotatable bonds is 4. The van der Waals surface area contributed by atoms with Crippen molar-refractivity contribution in [2.75, 3.05) is 0 Å². The highest BCUT2D eigenvalue weighted by atomic mass is 16.1. The Morgan fingerprint density at radius 3 is 2.96 bits per heavy atom. The third kappa shape index (κ3) is 3.05. The van der Waals surface area contributed by atoms with Crippen LogP contribution >= 0.6 is 0 Å². The van der Waals surface area contributed by atoms with Crippen LogP contribution in [0.15, 0.2) is 18.5 Å². The van der Waals surface area contributed by atoms with Crippen molar-refractivity contribution in [3.05, 3.63) is 41.0 Å². The Balaban J connectivity index is 1.70. The van der Waals surface area contributed by atoms with Crippen molar-refractivity contribution in [2.45, 2.75) is 58.5 Å². The monoisotopic (exact) mass is 314 g/mol. The summed E-state index contributed by atoms with van der Waals surface area (Å²) in [5.74, 6) is 0.0409. The van der Waals surface area contributed by atoms with E-state index in [1.54, 1.807) is 0 Å². The smallest absolute Gasteiger partial charge is 0.253 e. The second-order valence-corrected chi connectivity index (χ2v) is 6.73. The molecule has 3 rings (SSSR count). The molecule has 0 saturated carbocycles. The fraction of sp³-hybridized carbons (Fsp3) is 0.556. The standard InChI is InChI=1S/C18H26N4O/c1-5-17-15(8-9-21(17)4)18(23)19-14-7-6-13-11-22(12(2)3)20-16(13)10-14/h8-9,11-12,14H,5-7,10H2,1-4H3,(H,19,23). The molecule has 1 aliphatic carbocycles. The van der Waals surface area contributed by atoms with Gasteiger partial charge in [0, 0.05) is 43.6 Å². The van der Waals surface area contributed by atoms with Gasteiger partial charge in [0.1, 0.15) is 0 Å². The van der Waals surface area contributed by atoms with Crippen molar-refractivity contribution in [3.8, 4) is 0 Å². The fourth-order valence-electron chi connectivity index (χ4n) is 3.37. The van der Waals surface area contributed by atoms with Crippen LogP contribution in [0, 0.1) is 0 Å². The van der Waals surface area contributed by atoms with Gasteiger partial charge in [0.15, 0.2) is 0 Å². The lowest BCUT2D eigenvalue weighted by Crippen LogP contribution is -2.39. The summed E-state index contributed by atoms with van der Waals surface area (Å²) in [5, 5.41) is 7.88. The van der Waals surface area contributed by atoms with Gasteiger partial charge in [-0.2, -0.15) is 5.10 Å². The first-order chi connectivity index (χ1) is 11.0. The van der Waals surface area contributed by atoms with Crippen molar-refractivity contribution in [2.24, 2.45) is 7.05 Å². The molecule has 0 bridgehead atoms. The number of nitrogens with zero attached hydrogens (tertiary/aromatic N) is 3. The SMILES string of the molecule is CCc1c(C(=O)NC2CCc3cn(C(C)C)nc3C2)ccn1C. The number of fused-ring (bicyclic) bond motifs is 1. The van der Waals surface area contributed by atoms with Crippen molar-refractivity contribution < 1.29 is 4.79 Å². The maximum atomic E-state index is 12.6. The van der Waals surface area contributed by atoms with Gasteiger partial charge in [-0.1, -0.05) is 6.92 Å². The zero-order valence-electron chi connectivity index (χ0n) is 14.5. The molecule has 1 aliphatic rings. The van der Waals surface area contributed by atoms with Crippen LogP contribution in [-0.4, -0.2) is 26.3 Å². The highest BCUT2D eigenvalue weighted by Crippen LogP contribution is 2.22. The van der Waals surface area contributed by atoms with Crippen molar-refractivity contribution in [3.63, 3.8) is 0 Å². The van der Waals surface area contributed by atoms with Gasteiger partial charge in [-0.3, -0.25) is 9.48 Å². The maximum absolute atomic E-state index is 12.6. The van der Waals surface area contributed by atoms with Gasteiger partial charge >= 0.3 is 0 Å². The van der Waals surface area contributed by atoms with E-state index < -0.39 is 0 Å². The van der Waals surface area contributed by atoms with Crippen LogP contribution in [0.4, 0.5) is 0 Å². The molecule has 1 unspecified atom stereocenters. The molecule has 1 atom stereocenters. The zero-order chi connectivity index (χ0) is 16.6. The third-order valence-electron chi connectivity index (χ3n) is 4.74. The van der Waals surface area contributed by atoms with E-state index in [4.69, 9.17) is 0 Å². The molecule has 5 heteroatoms. The summed E-state index contributed by atoms with van der Waals surface area (Å²) in [7, 11) is 1.99. The molecule has 0 aromatic carbocycles. The van der Waals surface area contributed by atoms with E-state index in [-0.39, 0.29) is 11.9 Å². The number of nitrogens with one attached hydrogen (secondary N) is 1. The summed E-state index contributed by atoms with van der Waals surface area (Å²) < 4.78 is 4.06. The Kier molecular flexibility index (Phi) is 4.28. The zero-order valence-corrected chi connectivity index (χ0v) is 14.5. The molecule has 2 heterocycles. The molecular formula is C18H26N4O. The number of hydrogen-bond donors (Lipinski definition) is 1. The average molecular weight is 314 g/mol. The second kappa shape index (κ2) is 6.22. The van der Waals surface area contributed by atoms with Gasteiger partial charge in [-0.05, 0) is 44.7 Å². The van der Waals surface area contributed by atoms with Crippen LogP contribution in [-0.2, 0) is 26.3 Å². The summed E-state index contributed by atoms with van der Waals surface area (Å²) in [6, 6.07) is 2.47. The van der Waals surface area contributed by atoms with Gasteiger partial charge in [0.05, 0.1) is 11.3 Å². The Morgan fingerprint density at radius 2 is 2.26 bits per heavy atom. The highest BCUT2D eigenvalue weighted by Gasteiger charge is 2.24. The lowest BCUT2D eigenvalue weighted by molar-refractivity contribution is 0.0932. The predicted molar refractivity (Wildman–Crippen MR) is 90.7 cm³/mol. The molecule has 1 amide bonds. The minimum absolute atomic E-state index is 0.0409. The summed E-state index contributed by atoms with van der Waals surface area (Å²) in [5.41, 5.74) is 4.36. The first-order valence-corrected chi connectivity index (χ1v) is 8.51. The Bertz CT molecular complexity index is 711. The molecular weight excluding hydrogens is 288 g/mol. The summed E-state index contributed by atoms with van der Waals surface area (Å²) in [6.45, 7) is 6.36. The number of hydrogen-bond acceptors (Lipinski definition) is 2. The number of aromatic nitrogens is 3. The molecule has 0 saturated heterocycles. The number of carbonyl (C=O) groups excluding carboxylic acids is 1. The van der Waals surface area contributed by atoms with Crippen LogP contribution in [0.2, 0.25) is 0 Å². The van der Waals surface area contributed by atoms with Crippen molar-refractivity contribution in [1.29, 1.82) is 0 Å². The van der Waals surface area contributed by atoms with Crippen LogP contribution in [0.5, 0.6) is 0 Å². The number of carbonyl (C=O) groups is 1. The van der Waals surface area contributed by atoms with E-state index in [9.17, 15) is 4.79 Å². The van der Waals surface area contributed by atoms with E-state index in [0.717, 1.165) is 42.6 Å². The molecule has 0 spiro atoms. The lowest BCUT2D eigenvalue weighted by atomic mass is 9.93. The second-order valence-electron chi connectivity index (χ2n) is 6.73. The van der Waals surface area contributed by atoms with Crippen LogP contribution in [0.3, 0.4) is 0 Å². The molecule has 124 valence electrons. The fourth-order valence-corrected chi connectivity index (χ4v) is 3.37. The Hall–Kier alpha value is -2.04. The molecule has 0 fully saturated rings. The maximum Gasteiger partial charge on any atom is 0.253 e. The van der Waals surface area contributed by atoms with Gasteiger partial charge in [0.2, 0.25) is 0 Å². The van der Waals surface area contributed by atoms with Crippen molar-refractivity contribution in [1.82, 2.24) is 19.7 Å². The van der Waals surface area contributed by atoms with E-state index in [0.29, 0.717) is 6.04 Å². The Labute approximate surface area is 137 Å². The number of aryl methyl sites for hydroxylation is 2. The minimum atomic E-state index is 0.0409. The van der Waals surface area contributed by atoms with Gasteiger partial charge in [0.25, 0.3) is 5.91 Å². The van der Waals surface area contributed by atoms with Crippen LogP contribution < -0.4 is 5.32 Å². The topological polar surface area (TPSA) is 51.9 Å². The Morgan fingerprint density at radius 1 is 1.48 bits per heavy atom. The molecule has 5 nitrogen and oxygen atoms in total. The van der Waals surface area contributed by atoms with Gasteiger partial charge < -0.3 is 9.88 Å². The largest absolute Gasteiger partial charge is 0.354 e. The summed E-state index contributed by atoms with van der Waals surface area (Å²) >= 11 is 0. The normalized spacial score (nSPS) is 17.3. The van der Waals surface area contributed by atoms with Crippen LogP contribution in [0.1, 0.15) is 60.5 Å². The first kappa shape index (κ1) is 15.8. The highest BCUT2D eigenvalue weighted by molar-refractivity contribution is 5.95. The van der Waals surface area contributed by atoms with E-state index >= 15 is 0 Å². The summed E-state index contributed by atoms with van der Waals surface area (Å²) in [4.78, 5) is 12.6. The first-order valence-electron chi connectivity index (χ1n) is 8.51. The third-order valence-corrected chi connectivity index (χ3v) is 4.74. The van der Waals surface area contributed by atoms with Gasteiger partial charge in [-0.15, -0.1) is 0 Å². The van der Waals surface area contributed by atoms with E-state index in [2.05, 4.69) is 37.4 Å². The number of amides is 1. The predicted octanol–water partition coefficient (Wildman–Crippen LogP) is 2.65. The molecule has 0 radical (unpaired) electrons. The van der Waals surface area contributed by atoms with Crippen LogP contribution in [0.25, 0.3) is 0 Å². The minimum Gasteiger partial charge on any atom is -0.354 e.